The first-order valence-corrected chi connectivity index (χ1v) is 10.9. The van der Waals surface area contributed by atoms with E-state index in [2.05, 4.69) is 65.6 Å². The van der Waals surface area contributed by atoms with Crippen LogP contribution in [-0.2, 0) is 9.53 Å². The molecule has 0 spiro atoms. The molecule has 4 nitrogen and oxygen atoms in total. The number of benzene rings is 3. The molecule has 32 heavy (non-hydrogen) atoms. The van der Waals surface area contributed by atoms with Crippen molar-refractivity contribution in [2.75, 3.05) is 26.3 Å². The second kappa shape index (κ2) is 10.6. The molecule has 0 aliphatic carbocycles. The van der Waals surface area contributed by atoms with Crippen molar-refractivity contribution in [3.8, 4) is 5.75 Å². The Labute approximate surface area is 189 Å². The Morgan fingerprint density at radius 3 is 1.97 bits per heavy atom. The number of hydrogen-bond acceptors (Lipinski definition) is 4. The van der Waals surface area contributed by atoms with Gasteiger partial charge in [-0.1, -0.05) is 78.9 Å². The Hall–Kier alpha value is -3.63. The minimum absolute atomic E-state index is 0.330. The molecule has 1 fully saturated rings. The third kappa shape index (κ3) is 5.34. The minimum atomic E-state index is -0.330. The zero-order chi connectivity index (χ0) is 22.2. The molecule has 1 heterocycles. The SMILES string of the molecule is CC(=O)Oc1ccccc1C(=CC=C(c1ccccc1)c1ccccc1)N1CCOCC1. The second-order valence-corrected chi connectivity index (χ2v) is 7.55. The van der Waals surface area contributed by atoms with Crippen LogP contribution in [0.15, 0.2) is 97.1 Å². The van der Waals surface area contributed by atoms with Gasteiger partial charge in [-0.2, -0.15) is 0 Å². The van der Waals surface area contributed by atoms with Gasteiger partial charge in [-0.25, -0.2) is 0 Å². The van der Waals surface area contributed by atoms with E-state index in [-0.39, 0.29) is 5.97 Å². The van der Waals surface area contributed by atoms with E-state index >= 15 is 0 Å². The van der Waals surface area contributed by atoms with E-state index in [1.807, 2.05) is 36.4 Å². The third-order valence-electron chi connectivity index (χ3n) is 5.35. The van der Waals surface area contributed by atoms with E-state index in [9.17, 15) is 4.79 Å². The number of allylic oxidation sites excluding steroid dienone is 2. The molecule has 0 bridgehead atoms. The van der Waals surface area contributed by atoms with Gasteiger partial charge in [0.15, 0.2) is 0 Å². The molecule has 3 aromatic carbocycles. The monoisotopic (exact) mass is 425 g/mol. The Bertz CT molecular complexity index is 1060. The summed E-state index contributed by atoms with van der Waals surface area (Å²) in [6.45, 7) is 4.32. The van der Waals surface area contributed by atoms with Crippen molar-refractivity contribution in [2.45, 2.75) is 6.92 Å². The molecule has 1 aliphatic heterocycles. The molecule has 4 heteroatoms. The summed E-state index contributed by atoms with van der Waals surface area (Å²) < 4.78 is 11.1. The van der Waals surface area contributed by atoms with Crippen molar-refractivity contribution in [1.82, 2.24) is 4.90 Å². The maximum Gasteiger partial charge on any atom is 0.308 e. The highest BCUT2D eigenvalue weighted by atomic mass is 16.5. The van der Waals surface area contributed by atoms with E-state index in [0.29, 0.717) is 19.0 Å². The van der Waals surface area contributed by atoms with Gasteiger partial charge in [0, 0.05) is 31.3 Å². The van der Waals surface area contributed by atoms with Gasteiger partial charge in [-0.05, 0) is 34.9 Å². The van der Waals surface area contributed by atoms with Crippen LogP contribution in [0.25, 0.3) is 11.3 Å². The fourth-order valence-electron chi connectivity index (χ4n) is 3.85. The van der Waals surface area contributed by atoms with Gasteiger partial charge in [0.1, 0.15) is 5.75 Å². The van der Waals surface area contributed by atoms with E-state index in [1.165, 1.54) is 6.92 Å². The fraction of sp³-hybridized carbons (Fsp3) is 0.179. The summed E-state index contributed by atoms with van der Waals surface area (Å²) in [5, 5.41) is 0. The van der Waals surface area contributed by atoms with Gasteiger partial charge >= 0.3 is 5.97 Å². The largest absolute Gasteiger partial charge is 0.426 e. The van der Waals surface area contributed by atoms with Crippen LogP contribution in [-0.4, -0.2) is 37.2 Å². The van der Waals surface area contributed by atoms with Gasteiger partial charge < -0.3 is 14.4 Å². The number of morpholine rings is 1. The van der Waals surface area contributed by atoms with Crippen LogP contribution in [0, 0.1) is 0 Å². The molecule has 0 atom stereocenters. The lowest BCUT2D eigenvalue weighted by Crippen LogP contribution is -2.35. The highest BCUT2D eigenvalue weighted by Gasteiger charge is 2.19. The zero-order valence-electron chi connectivity index (χ0n) is 18.2. The Balaban J connectivity index is 1.84. The number of carbonyl (C=O) groups excluding carboxylic acids is 1. The first kappa shape index (κ1) is 21.6. The average Bonchev–Trinajstić information content (AvgIpc) is 2.84. The normalized spacial score (nSPS) is 14.0. The summed E-state index contributed by atoms with van der Waals surface area (Å²) in [5.74, 6) is 0.232. The van der Waals surface area contributed by atoms with E-state index < -0.39 is 0 Å². The van der Waals surface area contributed by atoms with E-state index in [1.54, 1.807) is 0 Å². The summed E-state index contributed by atoms with van der Waals surface area (Å²) in [6, 6.07) is 28.4. The molecule has 1 aliphatic rings. The minimum Gasteiger partial charge on any atom is -0.426 e. The maximum absolute atomic E-state index is 11.7. The predicted octanol–water partition coefficient (Wildman–Crippen LogP) is 5.42. The number of rotatable bonds is 6. The topological polar surface area (TPSA) is 38.8 Å². The number of nitrogens with zero attached hydrogens (tertiary/aromatic N) is 1. The van der Waals surface area contributed by atoms with Gasteiger partial charge in [0.25, 0.3) is 0 Å². The first-order valence-electron chi connectivity index (χ1n) is 10.9. The Morgan fingerprint density at radius 2 is 1.38 bits per heavy atom. The number of carbonyl (C=O) groups is 1. The van der Waals surface area contributed by atoms with Crippen LogP contribution in [0.3, 0.4) is 0 Å². The molecule has 0 amide bonds. The van der Waals surface area contributed by atoms with Crippen molar-refractivity contribution in [2.24, 2.45) is 0 Å². The standard InChI is InChI=1S/C28H27NO3/c1-22(30)32-28-15-9-8-14-26(28)27(29-18-20-31-21-19-29)17-16-25(23-10-4-2-5-11-23)24-12-6-3-7-13-24/h2-17H,18-21H2,1H3. The van der Waals surface area contributed by atoms with Crippen molar-refractivity contribution >= 4 is 17.2 Å². The van der Waals surface area contributed by atoms with Crippen molar-refractivity contribution < 1.29 is 14.3 Å². The van der Waals surface area contributed by atoms with Crippen LogP contribution in [0.4, 0.5) is 0 Å². The second-order valence-electron chi connectivity index (χ2n) is 7.55. The Kier molecular flexibility index (Phi) is 7.15. The molecule has 0 unspecified atom stereocenters. The molecule has 162 valence electrons. The van der Waals surface area contributed by atoms with Crippen LogP contribution in [0.2, 0.25) is 0 Å². The average molecular weight is 426 g/mol. The van der Waals surface area contributed by atoms with E-state index in [4.69, 9.17) is 9.47 Å². The van der Waals surface area contributed by atoms with Crippen LogP contribution < -0.4 is 4.74 Å². The molecule has 0 radical (unpaired) electrons. The third-order valence-corrected chi connectivity index (χ3v) is 5.35. The van der Waals surface area contributed by atoms with Crippen LogP contribution in [0.5, 0.6) is 5.75 Å². The van der Waals surface area contributed by atoms with Crippen molar-refractivity contribution in [1.29, 1.82) is 0 Å². The van der Waals surface area contributed by atoms with Gasteiger partial charge in [0.05, 0.1) is 13.2 Å². The number of hydrogen-bond donors (Lipinski definition) is 0. The summed E-state index contributed by atoms with van der Waals surface area (Å²) in [6.07, 6.45) is 4.28. The molecule has 3 aromatic rings. The lowest BCUT2D eigenvalue weighted by atomic mass is 9.97. The summed E-state index contributed by atoms with van der Waals surface area (Å²) in [7, 11) is 0. The molecular formula is C28H27NO3. The molecule has 4 rings (SSSR count). The molecule has 1 saturated heterocycles. The highest BCUT2D eigenvalue weighted by Crippen LogP contribution is 2.31. The van der Waals surface area contributed by atoms with Crippen LogP contribution in [0.1, 0.15) is 23.6 Å². The molecular weight excluding hydrogens is 398 g/mol. The number of esters is 1. The lowest BCUT2D eigenvalue weighted by molar-refractivity contribution is -0.131. The quantitative estimate of drug-likeness (QED) is 0.300. The van der Waals surface area contributed by atoms with Gasteiger partial charge in [-0.3, -0.25) is 4.79 Å². The lowest BCUT2D eigenvalue weighted by Gasteiger charge is -2.31. The summed E-state index contributed by atoms with van der Waals surface area (Å²) in [5.41, 5.74) is 5.31. The van der Waals surface area contributed by atoms with Gasteiger partial charge in [0.2, 0.25) is 0 Å². The molecule has 0 saturated carbocycles. The fourth-order valence-corrected chi connectivity index (χ4v) is 3.85. The smallest absolute Gasteiger partial charge is 0.308 e. The number of para-hydroxylation sites is 1. The van der Waals surface area contributed by atoms with E-state index in [0.717, 1.165) is 41.1 Å². The zero-order valence-corrected chi connectivity index (χ0v) is 18.2. The summed E-state index contributed by atoms with van der Waals surface area (Å²) in [4.78, 5) is 14.0. The predicted molar refractivity (Wildman–Crippen MR) is 128 cm³/mol. The Morgan fingerprint density at radius 1 is 0.812 bits per heavy atom. The summed E-state index contributed by atoms with van der Waals surface area (Å²) >= 11 is 0. The molecule has 0 N–H and O–H groups in total. The first-order chi connectivity index (χ1) is 15.7. The molecule has 0 aromatic heterocycles. The van der Waals surface area contributed by atoms with Crippen molar-refractivity contribution in [3.05, 3.63) is 114 Å². The van der Waals surface area contributed by atoms with Crippen molar-refractivity contribution in [3.63, 3.8) is 0 Å². The maximum atomic E-state index is 11.7. The highest BCUT2D eigenvalue weighted by molar-refractivity contribution is 5.83. The van der Waals surface area contributed by atoms with Gasteiger partial charge in [-0.15, -0.1) is 0 Å². The number of ether oxygens (including phenoxy) is 2. The van der Waals surface area contributed by atoms with Crippen LogP contribution >= 0.6 is 0 Å².